The number of nitrogens with one attached hydrogen (secondary N) is 1. The van der Waals surface area contributed by atoms with Gasteiger partial charge >= 0.3 is 13.3 Å². The largest absolute Gasteiger partial charge is 0.451 e. The number of rotatable bonds is 6. The summed E-state index contributed by atoms with van der Waals surface area (Å²) in [5.74, 6) is 0.619. The third-order valence-electron chi connectivity index (χ3n) is 2.95. The lowest BCUT2D eigenvalue weighted by Gasteiger charge is -2.17. The standard InChI is InChI=1S/C9H21BN2O2.CO2/c11-9(8-4-6-12-7-8)3-1-2-5-10(13)14;2-1-3/h8-9,12-14H,1-7,11H2;/t8-,9?;/m1./s1. The van der Waals surface area contributed by atoms with E-state index in [-0.39, 0.29) is 12.2 Å². The summed E-state index contributed by atoms with van der Waals surface area (Å²) in [4.78, 5) is 16.2. The minimum absolute atomic E-state index is 0.250. The Morgan fingerprint density at radius 2 is 2.06 bits per heavy atom. The molecule has 0 saturated carbocycles. The van der Waals surface area contributed by atoms with E-state index in [2.05, 4.69) is 5.32 Å². The van der Waals surface area contributed by atoms with Crippen molar-refractivity contribution >= 4 is 13.3 Å². The second-order valence-corrected chi connectivity index (χ2v) is 4.27. The summed E-state index contributed by atoms with van der Waals surface area (Å²) in [6.45, 7) is 2.14. The van der Waals surface area contributed by atoms with Crippen LogP contribution in [0.1, 0.15) is 25.7 Å². The number of hydrogen-bond acceptors (Lipinski definition) is 6. The maximum absolute atomic E-state index is 8.64. The first-order chi connectivity index (χ1) is 8.11. The molecule has 5 N–H and O–H groups in total. The van der Waals surface area contributed by atoms with Crippen LogP contribution in [-0.2, 0) is 9.59 Å². The SMILES string of the molecule is NC(CCCCB(O)O)[C@@H]1CCNC1.O=C=O. The van der Waals surface area contributed by atoms with Crippen molar-refractivity contribution < 1.29 is 19.6 Å². The van der Waals surface area contributed by atoms with Gasteiger partial charge in [-0.3, -0.25) is 0 Å². The van der Waals surface area contributed by atoms with Crippen molar-refractivity contribution in [2.75, 3.05) is 13.1 Å². The van der Waals surface area contributed by atoms with E-state index in [1.165, 1.54) is 6.42 Å². The molecular weight excluding hydrogens is 223 g/mol. The second-order valence-electron chi connectivity index (χ2n) is 4.27. The van der Waals surface area contributed by atoms with Crippen molar-refractivity contribution in [2.24, 2.45) is 11.7 Å². The van der Waals surface area contributed by atoms with Crippen LogP contribution in [0.2, 0.25) is 6.32 Å². The predicted molar refractivity (Wildman–Crippen MR) is 62.8 cm³/mol. The normalized spacial score (nSPS) is 20.1. The number of hydrogen-bond donors (Lipinski definition) is 4. The number of carbonyl (C=O) groups excluding carboxylic acids is 2. The smallest absolute Gasteiger partial charge is 0.427 e. The Labute approximate surface area is 102 Å². The van der Waals surface area contributed by atoms with Crippen LogP contribution in [0.3, 0.4) is 0 Å². The zero-order valence-corrected chi connectivity index (χ0v) is 9.97. The third kappa shape index (κ3) is 9.03. The van der Waals surface area contributed by atoms with Crippen LogP contribution < -0.4 is 11.1 Å². The average Bonchev–Trinajstić information content (AvgIpc) is 2.78. The van der Waals surface area contributed by atoms with Crippen molar-refractivity contribution in [2.45, 2.75) is 38.0 Å². The summed E-state index contributed by atoms with van der Waals surface area (Å²) in [6.07, 6.45) is 4.75. The molecule has 1 heterocycles. The summed E-state index contributed by atoms with van der Waals surface area (Å²) < 4.78 is 0. The first-order valence-electron chi connectivity index (χ1n) is 5.93. The van der Waals surface area contributed by atoms with Crippen molar-refractivity contribution in [1.82, 2.24) is 5.32 Å². The minimum Gasteiger partial charge on any atom is -0.427 e. The molecule has 0 spiro atoms. The molecule has 1 rings (SSSR count). The molecule has 98 valence electrons. The van der Waals surface area contributed by atoms with Gasteiger partial charge in [-0.25, -0.2) is 0 Å². The van der Waals surface area contributed by atoms with Crippen molar-refractivity contribution in [3.8, 4) is 0 Å². The monoisotopic (exact) mass is 244 g/mol. The molecule has 2 atom stereocenters. The lowest BCUT2D eigenvalue weighted by atomic mass is 9.82. The Hall–Kier alpha value is -0.715. The summed E-state index contributed by atoms with van der Waals surface area (Å²) in [6, 6.07) is 0.279. The lowest BCUT2D eigenvalue weighted by molar-refractivity contribution is -0.191. The van der Waals surface area contributed by atoms with Crippen molar-refractivity contribution in [3.63, 3.8) is 0 Å². The van der Waals surface area contributed by atoms with Gasteiger partial charge in [0.25, 0.3) is 0 Å². The van der Waals surface area contributed by atoms with E-state index in [0.717, 1.165) is 32.4 Å². The highest BCUT2D eigenvalue weighted by molar-refractivity contribution is 6.40. The number of nitrogens with two attached hydrogens (primary N) is 1. The van der Waals surface area contributed by atoms with Crippen LogP contribution in [0.25, 0.3) is 0 Å². The van der Waals surface area contributed by atoms with Gasteiger partial charge in [0.05, 0.1) is 0 Å². The van der Waals surface area contributed by atoms with Gasteiger partial charge in [0.2, 0.25) is 0 Å². The zero-order valence-electron chi connectivity index (χ0n) is 9.97. The van der Waals surface area contributed by atoms with E-state index in [0.29, 0.717) is 12.2 Å². The molecule has 0 bridgehead atoms. The van der Waals surface area contributed by atoms with E-state index >= 15 is 0 Å². The highest BCUT2D eigenvalue weighted by atomic mass is 16.4. The van der Waals surface area contributed by atoms with Gasteiger partial charge in [0.1, 0.15) is 0 Å². The van der Waals surface area contributed by atoms with Crippen molar-refractivity contribution in [1.29, 1.82) is 0 Å². The lowest BCUT2D eigenvalue weighted by Crippen LogP contribution is -2.31. The van der Waals surface area contributed by atoms with Crippen LogP contribution in [-0.4, -0.2) is 42.4 Å². The zero-order chi connectivity index (χ0) is 13.1. The fourth-order valence-electron chi connectivity index (χ4n) is 1.99. The quantitative estimate of drug-likeness (QED) is 0.351. The maximum Gasteiger partial charge on any atom is 0.451 e. The first kappa shape index (κ1) is 16.3. The fraction of sp³-hybridized carbons (Fsp3) is 0.900. The first-order valence-corrected chi connectivity index (χ1v) is 5.93. The fourth-order valence-corrected chi connectivity index (χ4v) is 1.99. The summed E-state index contributed by atoms with van der Waals surface area (Å²) in [5.41, 5.74) is 6.03. The average molecular weight is 244 g/mol. The molecule has 0 aromatic carbocycles. The topological polar surface area (TPSA) is 113 Å². The van der Waals surface area contributed by atoms with E-state index in [9.17, 15) is 0 Å². The van der Waals surface area contributed by atoms with Crippen LogP contribution in [0, 0.1) is 5.92 Å². The molecule has 0 aromatic heterocycles. The summed E-state index contributed by atoms with van der Waals surface area (Å²) >= 11 is 0. The molecule has 1 aliphatic rings. The Morgan fingerprint density at radius 1 is 1.41 bits per heavy atom. The highest BCUT2D eigenvalue weighted by Crippen LogP contribution is 2.16. The third-order valence-corrected chi connectivity index (χ3v) is 2.95. The Bertz CT molecular complexity index is 216. The van der Waals surface area contributed by atoms with E-state index < -0.39 is 7.12 Å². The van der Waals surface area contributed by atoms with Gasteiger partial charge < -0.3 is 21.1 Å². The van der Waals surface area contributed by atoms with Gasteiger partial charge in [-0.15, -0.1) is 0 Å². The number of unbranched alkanes of at least 4 members (excludes halogenated alkanes) is 1. The van der Waals surface area contributed by atoms with E-state index in [1.54, 1.807) is 0 Å². The maximum atomic E-state index is 8.64. The summed E-state index contributed by atoms with van der Waals surface area (Å²) in [5, 5.41) is 20.6. The van der Waals surface area contributed by atoms with Crippen LogP contribution in [0.15, 0.2) is 0 Å². The van der Waals surface area contributed by atoms with Gasteiger partial charge in [0, 0.05) is 6.04 Å². The molecule has 0 radical (unpaired) electrons. The molecule has 0 amide bonds. The molecule has 1 saturated heterocycles. The van der Waals surface area contributed by atoms with Gasteiger partial charge in [-0.05, 0) is 38.2 Å². The molecule has 1 aliphatic heterocycles. The van der Waals surface area contributed by atoms with E-state index in [1.807, 2.05) is 0 Å². The Kier molecular flexibility index (Phi) is 10.0. The molecule has 17 heavy (non-hydrogen) atoms. The van der Waals surface area contributed by atoms with Gasteiger partial charge in [0.15, 0.2) is 0 Å². The molecule has 1 unspecified atom stereocenters. The van der Waals surface area contributed by atoms with Gasteiger partial charge in [-0.2, -0.15) is 9.59 Å². The van der Waals surface area contributed by atoms with Crippen LogP contribution >= 0.6 is 0 Å². The highest BCUT2D eigenvalue weighted by Gasteiger charge is 2.21. The molecule has 1 fully saturated rings. The summed E-state index contributed by atoms with van der Waals surface area (Å²) in [7, 11) is -1.15. The van der Waals surface area contributed by atoms with Crippen molar-refractivity contribution in [3.05, 3.63) is 0 Å². The van der Waals surface area contributed by atoms with E-state index in [4.69, 9.17) is 25.4 Å². The van der Waals surface area contributed by atoms with Gasteiger partial charge in [-0.1, -0.05) is 12.8 Å². The molecular formula is C10H21BN2O4. The predicted octanol–water partition coefficient (Wildman–Crippen LogP) is -1.02. The van der Waals surface area contributed by atoms with Crippen LogP contribution in [0.5, 0.6) is 0 Å². The molecule has 0 aromatic rings. The molecule has 6 nitrogen and oxygen atoms in total. The molecule has 0 aliphatic carbocycles. The second kappa shape index (κ2) is 10.4. The Morgan fingerprint density at radius 3 is 2.53 bits per heavy atom. The Balaban J connectivity index is 0.000000770. The minimum atomic E-state index is -1.15. The van der Waals surface area contributed by atoms with Crippen LogP contribution in [0.4, 0.5) is 0 Å². The molecule has 7 heteroatoms.